The van der Waals surface area contributed by atoms with E-state index in [-0.39, 0.29) is 5.91 Å². The van der Waals surface area contributed by atoms with Crippen molar-refractivity contribution < 1.29 is 4.79 Å². The Kier molecular flexibility index (Phi) is 5.45. The second-order valence-electron chi connectivity index (χ2n) is 4.54. The number of nitrogens with one attached hydrogen (secondary N) is 1. The monoisotopic (exact) mass is 220 g/mol. The summed E-state index contributed by atoms with van der Waals surface area (Å²) < 4.78 is 0. The lowest BCUT2D eigenvalue weighted by molar-refractivity contribution is -0.128. The lowest BCUT2D eigenvalue weighted by Gasteiger charge is -2.24. The Morgan fingerprint density at radius 3 is 2.36 bits per heavy atom. The molecule has 0 aliphatic rings. The van der Waals surface area contributed by atoms with E-state index in [9.17, 15) is 4.79 Å². The molecule has 0 heterocycles. The summed E-state index contributed by atoms with van der Waals surface area (Å²) in [6, 6.07) is 0.338. The van der Waals surface area contributed by atoms with Crippen LogP contribution in [0.2, 0.25) is 0 Å². The Bertz CT molecular complexity index is 193. The van der Waals surface area contributed by atoms with Crippen LogP contribution in [0.25, 0.3) is 0 Å². The zero-order valence-corrected chi connectivity index (χ0v) is 10.5. The smallest absolute Gasteiger partial charge is 0.226 e. The number of alkyl halides is 1. The molecule has 0 aromatic rings. The van der Waals surface area contributed by atoms with Crippen LogP contribution in [0.1, 0.15) is 20.8 Å². The fourth-order valence-corrected chi connectivity index (χ4v) is 0.844. The van der Waals surface area contributed by atoms with Crippen LogP contribution in [-0.4, -0.2) is 43.4 Å². The quantitative estimate of drug-likeness (QED) is 0.709. The van der Waals surface area contributed by atoms with E-state index in [1.807, 2.05) is 27.9 Å². The van der Waals surface area contributed by atoms with E-state index in [1.54, 1.807) is 0 Å². The maximum Gasteiger partial charge on any atom is 0.226 e. The average molecular weight is 221 g/mol. The molecule has 84 valence electrons. The van der Waals surface area contributed by atoms with E-state index in [0.717, 1.165) is 0 Å². The standard InChI is InChI=1S/C10H21ClN2O/c1-8(13(4)5)6-12-9(14)10(2,3)7-11/h8H,6-7H2,1-5H3,(H,12,14). The molecule has 0 saturated heterocycles. The summed E-state index contributed by atoms with van der Waals surface area (Å²) in [7, 11) is 3.98. The first-order chi connectivity index (χ1) is 6.31. The molecule has 0 aliphatic carbocycles. The predicted octanol–water partition coefficient (Wildman–Crippen LogP) is 1.32. The fourth-order valence-electron chi connectivity index (χ4n) is 0.723. The number of hydrogen-bond acceptors (Lipinski definition) is 2. The van der Waals surface area contributed by atoms with Gasteiger partial charge in [-0.3, -0.25) is 4.79 Å². The number of likely N-dealkylation sites (N-methyl/N-ethyl adjacent to an activating group) is 1. The first-order valence-electron chi connectivity index (χ1n) is 4.82. The van der Waals surface area contributed by atoms with E-state index in [0.29, 0.717) is 18.5 Å². The lowest BCUT2D eigenvalue weighted by Crippen LogP contribution is -2.44. The second kappa shape index (κ2) is 5.56. The summed E-state index contributed by atoms with van der Waals surface area (Å²) in [5.41, 5.74) is -0.479. The molecule has 0 saturated carbocycles. The lowest BCUT2D eigenvalue weighted by atomic mass is 9.95. The molecule has 0 aromatic heterocycles. The van der Waals surface area contributed by atoms with Gasteiger partial charge in [0.15, 0.2) is 0 Å². The molecule has 14 heavy (non-hydrogen) atoms. The highest BCUT2D eigenvalue weighted by Gasteiger charge is 2.26. The van der Waals surface area contributed by atoms with Crippen LogP contribution in [0.4, 0.5) is 0 Å². The van der Waals surface area contributed by atoms with Crippen molar-refractivity contribution >= 4 is 17.5 Å². The van der Waals surface area contributed by atoms with Crippen molar-refractivity contribution in [3.63, 3.8) is 0 Å². The summed E-state index contributed by atoms with van der Waals surface area (Å²) in [4.78, 5) is 13.7. The van der Waals surface area contributed by atoms with Crippen LogP contribution in [0.15, 0.2) is 0 Å². The number of rotatable bonds is 5. The molecule has 1 unspecified atom stereocenters. The van der Waals surface area contributed by atoms with Crippen molar-refractivity contribution in [3.8, 4) is 0 Å². The van der Waals surface area contributed by atoms with Crippen molar-refractivity contribution in [3.05, 3.63) is 0 Å². The van der Waals surface area contributed by atoms with E-state index in [2.05, 4.69) is 17.1 Å². The first-order valence-corrected chi connectivity index (χ1v) is 5.35. The number of halogens is 1. The predicted molar refractivity (Wildman–Crippen MR) is 60.7 cm³/mol. The highest BCUT2D eigenvalue weighted by atomic mass is 35.5. The number of hydrogen-bond donors (Lipinski definition) is 1. The summed E-state index contributed by atoms with van der Waals surface area (Å²) in [6.45, 7) is 6.41. The van der Waals surface area contributed by atoms with Gasteiger partial charge in [0.25, 0.3) is 0 Å². The molecule has 0 radical (unpaired) electrons. The summed E-state index contributed by atoms with van der Waals surface area (Å²) >= 11 is 5.69. The molecule has 0 rings (SSSR count). The largest absolute Gasteiger partial charge is 0.354 e. The summed E-state index contributed by atoms with van der Waals surface area (Å²) in [6.07, 6.45) is 0. The molecule has 1 N–H and O–H groups in total. The molecule has 0 spiro atoms. The Morgan fingerprint density at radius 1 is 1.50 bits per heavy atom. The van der Waals surface area contributed by atoms with Gasteiger partial charge in [-0.05, 0) is 34.9 Å². The number of carbonyl (C=O) groups is 1. The van der Waals surface area contributed by atoms with Crippen LogP contribution in [0.3, 0.4) is 0 Å². The topological polar surface area (TPSA) is 32.3 Å². The zero-order valence-electron chi connectivity index (χ0n) is 9.72. The van der Waals surface area contributed by atoms with Gasteiger partial charge in [-0.15, -0.1) is 11.6 Å². The first kappa shape index (κ1) is 13.7. The van der Waals surface area contributed by atoms with Crippen LogP contribution >= 0.6 is 11.6 Å². The third-order valence-corrected chi connectivity index (χ3v) is 3.06. The van der Waals surface area contributed by atoms with E-state index in [1.165, 1.54) is 0 Å². The molecular formula is C10H21ClN2O. The Balaban J connectivity index is 3.97. The fraction of sp³-hybridized carbons (Fsp3) is 0.900. The summed E-state index contributed by atoms with van der Waals surface area (Å²) in [5.74, 6) is 0.357. The van der Waals surface area contributed by atoms with Crippen LogP contribution in [0, 0.1) is 5.41 Å². The highest BCUT2D eigenvalue weighted by molar-refractivity contribution is 6.19. The minimum absolute atomic E-state index is 0.0150. The molecule has 0 aromatic carbocycles. The molecule has 0 fully saturated rings. The highest BCUT2D eigenvalue weighted by Crippen LogP contribution is 2.16. The van der Waals surface area contributed by atoms with Crippen molar-refractivity contribution in [1.29, 1.82) is 0 Å². The van der Waals surface area contributed by atoms with E-state index >= 15 is 0 Å². The second-order valence-corrected chi connectivity index (χ2v) is 4.81. The molecule has 1 atom stereocenters. The van der Waals surface area contributed by atoms with Gasteiger partial charge in [-0.25, -0.2) is 0 Å². The van der Waals surface area contributed by atoms with Crippen LogP contribution in [0.5, 0.6) is 0 Å². The maximum atomic E-state index is 11.6. The maximum absolute atomic E-state index is 11.6. The molecular weight excluding hydrogens is 200 g/mol. The van der Waals surface area contributed by atoms with Crippen molar-refractivity contribution in [2.24, 2.45) is 5.41 Å². The van der Waals surface area contributed by atoms with Crippen molar-refractivity contribution in [2.45, 2.75) is 26.8 Å². The van der Waals surface area contributed by atoms with Gasteiger partial charge < -0.3 is 10.2 Å². The van der Waals surface area contributed by atoms with Crippen LogP contribution in [-0.2, 0) is 4.79 Å². The Labute approximate surface area is 91.8 Å². The van der Waals surface area contributed by atoms with Gasteiger partial charge >= 0.3 is 0 Å². The van der Waals surface area contributed by atoms with Gasteiger partial charge in [0.1, 0.15) is 0 Å². The number of carbonyl (C=O) groups excluding carboxylic acids is 1. The van der Waals surface area contributed by atoms with Gasteiger partial charge in [-0.1, -0.05) is 0 Å². The Hall–Kier alpha value is -0.280. The molecule has 0 bridgehead atoms. The minimum atomic E-state index is -0.479. The number of amides is 1. The van der Waals surface area contributed by atoms with Gasteiger partial charge in [0.2, 0.25) is 5.91 Å². The van der Waals surface area contributed by atoms with Crippen molar-refractivity contribution in [1.82, 2.24) is 10.2 Å². The minimum Gasteiger partial charge on any atom is -0.354 e. The number of nitrogens with zero attached hydrogens (tertiary/aromatic N) is 1. The Morgan fingerprint density at radius 2 is 2.00 bits per heavy atom. The van der Waals surface area contributed by atoms with E-state index < -0.39 is 5.41 Å². The molecule has 4 heteroatoms. The van der Waals surface area contributed by atoms with E-state index in [4.69, 9.17) is 11.6 Å². The van der Waals surface area contributed by atoms with Gasteiger partial charge in [0, 0.05) is 18.5 Å². The zero-order chi connectivity index (χ0) is 11.4. The normalized spacial score (nSPS) is 14.2. The van der Waals surface area contributed by atoms with Crippen molar-refractivity contribution in [2.75, 3.05) is 26.5 Å². The SMILES string of the molecule is CC(CNC(=O)C(C)(C)CCl)N(C)C. The van der Waals surface area contributed by atoms with Gasteiger partial charge in [0.05, 0.1) is 5.41 Å². The molecule has 0 aliphatic heterocycles. The third-order valence-electron chi connectivity index (χ3n) is 2.39. The average Bonchev–Trinajstić information content (AvgIpc) is 2.13. The van der Waals surface area contributed by atoms with Crippen LogP contribution < -0.4 is 5.32 Å². The summed E-state index contributed by atoms with van der Waals surface area (Å²) in [5, 5.41) is 2.89. The molecule has 3 nitrogen and oxygen atoms in total. The van der Waals surface area contributed by atoms with Gasteiger partial charge in [-0.2, -0.15) is 0 Å². The third kappa shape index (κ3) is 4.29. The molecule has 1 amide bonds.